The molecule has 5 atom stereocenters. The fourth-order valence-corrected chi connectivity index (χ4v) is 4.38. The molecule has 0 aliphatic carbocycles. The maximum atomic E-state index is 14.2. The van der Waals surface area contributed by atoms with Crippen molar-refractivity contribution < 1.29 is 24.4 Å². The van der Waals surface area contributed by atoms with Crippen LogP contribution in [0, 0.1) is 0 Å². The minimum Gasteiger partial charge on any atom is -0.394 e. The standard InChI is InChI=1S/C23H25ClFNO4/c1-2-13-6-8-14(9-7-13)10-15-11-26(17-5-3-4-16(24)19(15)17)23-22(29)21(28)20(25)18(12-27)30-23/h3-9,11,18,20-23,27-29H,2,10,12H2,1H3/t18-,20-,21+,22-,23-/m1/s1. The Balaban J connectivity index is 1.76. The number of rotatable bonds is 5. The number of aliphatic hydroxyl groups is 3. The lowest BCUT2D eigenvalue weighted by Gasteiger charge is -2.39. The Morgan fingerprint density at radius 3 is 2.43 bits per heavy atom. The Morgan fingerprint density at radius 1 is 1.07 bits per heavy atom. The molecule has 1 fully saturated rings. The van der Waals surface area contributed by atoms with Crippen molar-refractivity contribution in [3.63, 3.8) is 0 Å². The molecule has 0 saturated carbocycles. The maximum absolute atomic E-state index is 14.2. The molecule has 0 spiro atoms. The monoisotopic (exact) mass is 433 g/mol. The van der Waals surface area contributed by atoms with Gasteiger partial charge in [-0.05, 0) is 41.7 Å². The van der Waals surface area contributed by atoms with Crippen molar-refractivity contribution in [3.8, 4) is 0 Å². The molecule has 3 N–H and O–H groups in total. The molecule has 4 rings (SSSR count). The van der Waals surface area contributed by atoms with Crippen molar-refractivity contribution in [2.45, 2.75) is 50.5 Å². The largest absolute Gasteiger partial charge is 0.394 e. The molecule has 0 radical (unpaired) electrons. The smallest absolute Gasteiger partial charge is 0.163 e. The van der Waals surface area contributed by atoms with E-state index in [0.717, 1.165) is 22.9 Å². The lowest BCUT2D eigenvalue weighted by Crippen LogP contribution is -2.54. The van der Waals surface area contributed by atoms with Crippen LogP contribution in [0.2, 0.25) is 5.02 Å². The molecule has 1 aliphatic rings. The number of hydrogen-bond donors (Lipinski definition) is 3. The molecule has 160 valence electrons. The van der Waals surface area contributed by atoms with Crippen molar-refractivity contribution >= 4 is 22.5 Å². The molecule has 2 heterocycles. The Kier molecular flexibility index (Phi) is 6.14. The molecule has 1 aliphatic heterocycles. The van der Waals surface area contributed by atoms with Crippen LogP contribution in [-0.4, -0.2) is 51.0 Å². The van der Waals surface area contributed by atoms with E-state index in [-0.39, 0.29) is 0 Å². The summed E-state index contributed by atoms with van der Waals surface area (Å²) >= 11 is 6.51. The summed E-state index contributed by atoms with van der Waals surface area (Å²) in [6.07, 6.45) is -3.92. The summed E-state index contributed by atoms with van der Waals surface area (Å²) in [7, 11) is 0. The maximum Gasteiger partial charge on any atom is 0.163 e. The van der Waals surface area contributed by atoms with Crippen molar-refractivity contribution in [1.29, 1.82) is 0 Å². The molecule has 30 heavy (non-hydrogen) atoms. The Bertz CT molecular complexity index is 1020. The lowest BCUT2D eigenvalue weighted by molar-refractivity contribution is -0.234. The summed E-state index contributed by atoms with van der Waals surface area (Å²) in [5, 5.41) is 31.5. The molecule has 1 saturated heterocycles. The second-order valence-electron chi connectivity index (χ2n) is 7.72. The van der Waals surface area contributed by atoms with Gasteiger partial charge in [0.15, 0.2) is 12.4 Å². The number of fused-ring (bicyclic) bond motifs is 1. The van der Waals surface area contributed by atoms with E-state index in [0.29, 0.717) is 17.0 Å². The van der Waals surface area contributed by atoms with Crippen molar-refractivity contribution in [2.75, 3.05) is 6.61 Å². The van der Waals surface area contributed by atoms with Gasteiger partial charge >= 0.3 is 0 Å². The van der Waals surface area contributed by atoms with Gasteiger partial charge in [0, 0.05) is 11.6 Å². The SMILES string of the molecule is CCc1ccc(Cc2cn([C@@H]3O[C@H](CO)[C@@H](F)[C@H](O)[C@H]3O)c3cccc(Cl)c23)cc1. The highest BCUT2D eigenvalue weighted by Crippen LogP contribution is 2.37. The quantitative estimate of drug-likeness (QED) is 0.576. The number of ether oxygens (including phenoxy) is 1. The highest BCUT2D eigenvalue weighted by Gasteiger charge is 2.45. The van der Waals surface area contributed by atoms with Crippen LogP contribution in [0.3, 0.4) is 0 Å². The normalized spacial score (nSPS) is 26.9. The van der Waals surface area contributed by atoms with E-state index in [9.17, 15) is 19.7 Å². The first-order valence-electron chi connectivity index (χ1n) is 10.1. The summed E-state index contributed by atoms with van der Waals surface area (Å²) in [4.78, 5) is 0. The Hall–Kier alpha value is -1.96. The van der Waals surface area contributed by atoms with Crippen LogP contribution in [-0.2, 0) is 17.6 Å². The number of nitrogens with zero attached hydrogens (tertiary/aromatic N) is 1. The number of aromatic nitrogens is 1. The molecule has 0 amide bonds. The van der Waals surface area contributed by atoms with Gasteiger partial charge < -0.3 is 24.6 Å². The van der Waals surface area contributed by atoms with Crippen LogP contribution >= 0.6 is 11.6 Å². The summed E-state index contributed by atoms with van der Waals surface area (Å²) in [5.74, 6) is 0. The van der Waals surface area contributed by atoms with Crippen molar-refractivity contribution in [3.05, 3.63) is 70.4 Å². The van der Waals surface area contributed by atoms with Gasteiger partial charge in [-0.15, -0.1) is 0 Å². The van der Waals surface area contributed by atoms with E-state index in [4.69, 9.17) is 16.3 Å². The predicted molar refractivity (Wildman–Crippen MR) is 113 cm³/mol. The van der Waals surface area contributed by atoms with E-state index >= 15 is 0 Å². The van der Waals surface area contributed by atoms with Gasteiger partial charge in [-0.2, -0.15) is 0 Å². The minimum absolute atomic E-state index is 0.555. The van der Waals surface area contributed by atoms with Gasteiger partial charge in [0.25, 0.3) is 0 Å². The molecule has 0 bridgehead atoms. The third-order valence-electron chi connectivity index (χ3n) is 5.80. The van der Waals surface area contributed by atoms with Crippen LogP contribution in [0.5, 0.6) is 0 Å². The predicted octanol–water partition coefficient (Wildman–Crippen LogP) is 3.40. The van der Waals surface area contributed by atoms with E-state index < -0.39 is 37.3 Å². The van der Waals surface area contributed by atoms with Gasteiger partial charge in [0.1, 0.15) is 18.3 Å². The van der Waals surface area contributed by atoms with E-state index in [2.05, 4.69) is 31.2 Å². The molecule has 5 nitrogen and oxygen atoms in total. The second kappa shape index (κ2) is 8.65. The van der Waals surface area contributed by atoms with Gasteiger partial charge in [-0.1, -0.05) is 48.9 Å². The zero-order chi connectivity index (χ0) is 21.4. The average Bonchev–Trinajstić information content (AvgIpc) is 3.12. The Morgan fingerprint density at radius 2 is 1.77 bits per heavy atom. The number of halogens is 2. The highest BCUT2D eigenvalue weighted by molar-refractivity contribution is 6.35. The molecular formula is C23H25ClFNO4. The van der Waals surface area contributed by atoms with Crippen LogP contribution in [0.15, 0.2) is 48.7 Å². The third-order valence-corrected chi connectivity index (χ3v) is 6.12. The van der Waals surface area contributed by atoms with Crippen LogP contribution in [0.25, 0.3) is 10.9 Å². The summed E-state index contributed by atoms with van der Waals surface area (Å²) < 4.78 is 21.5. The van der Waals surface area contributed by atoms with Gasteiger partial charge in [0.05, 0.1) is 17.1 Å². The van der Waals surface area contributed by atoms with Gasteiger partial charge in [-0.3, -0.25) is 0 Å². The summed E-state index contributed by atoms with van der Waals surface area (Å²) in [6, 6.07) is 13.7. The zero-order valence-corrected chi connectivity index (χ0v) is 17.3. The molecular weight excluding hydrogens is 409 g/mol. The zero-order valence-electron chi connectivity index (χ0n) is 16.6. The number of benzene rings is 2. The van der Waals surface area contributed by atoms with Crippen molar-refractivity contribution in [1.82, 2.24) is 4.57 Å². The number of aryl methyl sites for hydroxylation is 1. The first-order valence-corrected chi connectivity index (χ1v) is 10.4. The van der Waals surface area contributed by atoms with Crippen LogP contribution in [0.4, 0.5) is 4.39 Å². The number of alkyl halides is 1. The average molecular weight is 434 g/mol. The molecule has 3 aromatic rings. The molecule has 0 unspecified atom stereocenters. The minimum atomic E-state index is -1.87. The summed E-state index contributed by atoms with van der Waals surface area (Å²) in [5.41, 5.74) is 3.98. The topological polar surface area (TPSA) is 74.9 Å². The van der Waals surface area contributed by atoms with E-state index in [1.165, 1.54) is 5.56 Å². The van der Waals surface area contributed by atoms with Gasteiger partial charge in [0.2, 0.25) is 0 Å². The van der Waals surface area contributed by atoms with Crippen LogP contribution < -0.4 is 0 Å². The number of aliphatic hydroxyl groups excluding tert-OH is 3. The van der Waals surface area contributed by atoms with Crippen molar-refractivity contribution in [2.24, 2.45) is 0 Å². The fourth-order valence-electron chi connectivity index (χ4n) is 4.09. The number of hydrogen-bond acceptors (Lipinski definition) is 4. The molecule has 7 heteroatoms. The second-order valence-corrected chi connectivity index (χ2v) is 8.12. The first-order chi connectivity index (χ1) is 14.4. The first kappa shape index (κ1) is 21.3. The Labute approximate surface area is 179 Å². The third kappa shape index (κ3) is 3.74. The van der Waals surface area contributed by atoms with E-state index in [1.54, 1.807) is 16.7 Å². The molecule has 1 aromatic heterocycles. The molecule has 2 aromatic carbocycles. The van der Waals surface area contributed by atoms with Gasteiger partial charge in [-0.25, -0.2) is 4.39 Å². The summed E-state index contributed by atoms with van der Waals surface area (Å²) in [6.45, 7) is 1.51. The van der Waals surface area contributed by atoms with E-state index in [1.807, 2.05) is 12.3 Å². The fraction of sp³-hybridized carbons (Fsp3) is 0.391. The lowest BCUT2D eigenvalue weighted by atomic mass is 9.99. The highest BCUT2D eigenvalue weighted by atomic mass is 35.5. The van der Waals surface area contributed by atoms with Crippen LogP contribution in [0.1, 0.15) is 29.8 Å².